The largest absolute Gasteiger partial charge is 0.378 e. The molecule has 8 nitrogen and oxygen atoms in total. The highest BCUT2D eigenvalue weighted by Gasteiger charge is 2.13. The number of morpholine rings is 1. The lowest BCUT2D eigenvalue weighted by atomic mass is 10.2. The molecule has 1 aliphatic rings. The average molecular weight is 404 g/mol. The van der Waals surface area contributed by atoms with E-state index in [-0.39, 0.29) is 24.9 Å². The summed E-state index contributed by atoms with van der Waals surface area (Å²) < 4.78 is 5.36. The lowest BCUT2D eigenvalue weighted by Crippen LogP contribution is -2.36. The van der Waals surface area contributed by atoms with E-state index in [4.69, 9.17) is 4.74 Å². The first-order valence-electron chi connectivity index (χ1n) is 9.13. The van der Waals surface area contributed by atoms with Crippen LogP contribution in [0, 0.1) is 6.92 Å². The van der Waals surface area contributed by atoms with Gasteiger partial charge in [-0.2, -0.15) is 0 Å². The molecule has 0 radical (unpaired) electrons. The Balaban J connectivity index is 1.43. The monoisotopic (exact) mass is 403 g/mol. The van der Waals surface area contributed by atoms with Crippen LogP contribution in [0.4, 0.5) is 16.5 Å². The normalized spacial score (nSPS) is 14.2. The zero-order valence-electron chi connectivity index (χ0n) is 16.1. The SMILES string of the molecule is Cc1csc(NC(=O)CN(C)CC(=O)Nc2ccc(N3CCOCC3)cc2)n1. The van der Waals surface area contributed by atoms with Crippen molar-refractivity contribution in [3.63, 3.8) is 0 Å². The molecule has 1 aliphatic heterocycles. The van der Waals surface area contributed by atoms with Crippen molar-refractivity contribution in [3.05, 3.63) is 35.3 Å². The summed E-state index contributed by atoms with van der Waals surface area (Å²) in [6, 6.07) is 7.77. The predicted molar refractivity (Wildman–Crippen MR) is 111 cm³/mol. The van der Waals surface area contributed by atoms with Crippen LogP contribution in [0.1, 0.15) is 5.69 Å². The van der Waals surface area contributed by atoms with E-state index >= 15 is 0 Å². The molecule has 0 aliphatic carbocycles. The Labute approximate surface area is 168 Å². The maximum atomic E-state index is 12.2. The molecule has 9 heteroatoms. The fraction of sp³-hybridized carbons (Fsp3) is 0.421. The van der Waals surface area contributed by atoms with Gasteiger partial charge in [-0.15, -0.1) is 11.3 Å². The molecule has 1 aromatic carbocycles. The molecule has 0 saturated carbocycles. The van der Waals surface area contributed by atoms with Crippen molar-refractivity contribution in [2.75, 3.05) is 62.0 Å². The van der Waals surface area contributed by atoms with Crippen LogP contribution in [0.5, 0.6) is 0 Å². The number of hydrogen-bond acceptors (Lipinski definition) is 7. The van der Waals surface area contributed by atoms with Crippen LogP contribution in [0.3, 0.4) is 0 Å². The Kier molecular flexibility index (Phi) is 6.96. The first-order valence-corrected chi connectivity index (χ1v) is 10.0. The number of likely N-dealkylation sites (N-methyl/N-ethyl adjacent to an activating group) is 1. The molecule has 3 rings (SSSR count). The second-order valence-electron chi connectivity index (χ2n) is 6.71. The molecule has 1 fully saturated rings. The Morgan fingerprint density at radius 3 is 2.39 bits per heavy atom. The van der Waals surface area contributed by atoms with Gasteiger partial charge in [0.25, 0.3) is 0 Å². The Morgan fingerprint density at radius 1 is 1.14 bits per heavy atom. The van der Waals surface area contributed by atoms with Gasteiger partial charge in [-0.3, -0.25) is 14.5 Å². The number of anilines is 3. The molecule has 2 aromatic rings. The number of nitrogens with zero attached hydrogens (tertiary/aromatic N) is 3. The lowest BCUT2D eigenvalue weighted by molar-refractivity contribution is -0.119. The minimum absolute atomic E-state index is 0.113. The van der Waals surface area contributed by atoms with Gasteiger partial charge < -0.3 is 20.3 Å². The number of ether oxygens (including phenoxy) is 1. The quantitative estimate of drug-likeness (QED) is 0.733. The topological polar surface area (TPSA) is 86.8 Å². The number of benzene rings is 1. The van der Waals surface area contributed by atoms with Crippen LogP contribution in [0.25, 0.3) is 0 Å². The van der Waals surface area contributed by atoms with Crippen LogP contribution < -0.4 is 15.5 Å². The third-order valence-corrected chi connectivity index (χ3v) is 5.10. The fourth-order valence-corrected chi connectivity index (χ4v) is 3.60. The standard InChI is InChI=1S/C19H25N5O3S/c1-14-13-28-19(20-14)22-18(26)12-23(2)11-17(25)21-15-3-5-16(6-4-15)24-7-9-27-10-8-24/h3-6,13H,7-12H2,1-2H3,(H,21,25)(H,20,22,26). The first kappa shape index (κ1) is 20.2. The summed E-state index contributed by atoms with van der Waals surface area (Å²) in [5.41, 5.74) is 2.72. The minimum Gasteiger partial charge on any atom is -0.378 e. The highest BCUT2D eigenvalue weighted by Crippen LogP contribution is 2.19. The maximum Gasteiger partial charge on any atom is 0.240 e. The van der Waals surface area contributed by atoms with Gasteiger partial charge in [-0.1, -0.05) is 0 Å². The van der Waals surface area contributed by atoms with Crippen LogP contribution in [-0.2, 0) is 14.3 Å². The molecule has 0 atom stereocenters. The summed E-state index contributed by atoms with van der Waals surface area (Å²) in [4.78, 5) is 32.4. The predicted octanol–water partition coefficient (Wildman–Crippen LogP) is 1.80. The van der Waals surface area contributed by atoms with Gasteiger partial charge >= 0.3 is 0 Å². The van der Waals surface area contributed by atoms with Crippen LogP contribution in [0.2, 0.25) is 0 Å². The van der Waals surface area contributed by atoms with Crippen molar-refractivity contribution in [1.82, 2.24) is 9.88 Å². The van der Waals surface area contributed by atoms with Crippen molar-refractivity contribution in [3.8, 4) is 0 Å². The van der Waals surface area contributed by atoms with E-state index < -0.39 is 0 Å². The molecule has 28 heavy (non-hydrogen) atoms. The molecule has 1 saturated heterocycles. The van der Waals surface area contributed by atoms with E-state index in [0.29, 0.717) is 5.13 Å². The first-order chi connectivity index (χ1) is 13.5. The van der Waals surface area contributed by atoms with E-state index in [9.17, 15) is 9.59 Å². The van der Waals surface area contributed by atoms with Crippen molar-refractivity contribution in [2.24, 2.45) is 0 Å². The zero-order valence-corrected chi connectivity index (χ0v) is 16.9. The third-order valence-electron chi connectivity index (χ3n) is 4.22. The molecule has 2 amide bonds. The molecule has 150 valence electrons. The van der Waals surface area contributed by atoms with Gasteiger partial charge in [0, 0.05) is 29.8 Å². The Bertz CT molecular complexity index is 802. The highest BCUT2D eigenvalue weighted by atomic mass is 32.1. The van der Waals surface area contributed by atoms with Crippen LogP contribution in [0.15, 0.2) is 29.6 Å². The Hall–Kier alpha value is -2.49. The number of carbonyl (C=O) groups excluding carboxylic acids is 2. The van der Waals surface area contributed by atoms with E-state index in [1.54, 1.807) is 11.9 Å². The van der Waals surface area contributed by atoms with Gasteiger partial charge in [0.05, 0.1) is 32.0 Å². The van der Waals surface area contributed by atoms with Crippen LogP contribution >= 0.6 is 11.3 Å². The van der Waals surface area contributed by atoms with Gasteiger partial charge in [-0.05, 0) is 38.2 Å². The summed E-state index contributed by atoms with van der Waals surface area (Å²) in [6.45, 7) is 5.33. The average Bonchev–Trinajstić information content (AvgIpc) is 3.07. The van der Waals surface area contributed by atoms with Gasteiger partial charge in [0.2, 0.25) is 11.8 Å². The summed E-state index contributed by atoms with van der Waals surface area (Å²) in [6.07, 6.45) is 0. The van der Waals surface area contributed by atoms with Crippen LogP contribution in [-0.4, -0.2) is 68.1 Å². The molecular formula is C19H25N5O3S. The molecular weight excluding hydrogens is 378 g/mol. The second kappa shape index (κ2) is 9.63. The smallest absolute Gasteiger partial charge is 0.240 e. The molecule has 1 aromatic heterocycles. The molecule has 2 heterocycles. The number of aromatic nitrogens is 1. The number of nitrogens with one attached hydrogen (secondary N) is 2. The molecule has 0 unspecified atom stereocenters. The van der Waals surface area contributed by atoms with Gasteiger partial charge in [-0.25, -0.2) is 4.98 Å². The van der Waals surface area contributed by atoms with Gasteiger partial charge in [0.15, 0.2) is 5.13 Å². The number of thiazole rings is 1. The fourth-order valence-electron chi connectivity index (χ4n) is 2.89. The zero-order chi connectivity index (χ0) is 19.9. The van der Waals surface area contributed by atoms with E-state index in [1.807, 2.05) is 36.6 Å². The van der Waals surface area contributed by atoms with Crippen molar-refractivity contribution < 1.29 is 14.3 Å². The molecule has 0 spiro atoms. The maximum absolute atomic E-state index is 12.2. The number of aryl methyl sites for hydroxylation is 1. The summed E-state index contributed by atoms with van der Waals surface area (Å²) in [5.74, 6) is -0.362. The number of amides is 2. The number of hydrogen-bond donors (Lipinski definition) is 2. The Morgan fingerprint density at radius 2 is 1.79 bits per heavy atom. The summed E-state index contributed by atoms with van der Waals surface area (Å²) >= 11 is 1.38. The van der Waals surface area contributed by atoms with Crippen molar-refractivity contribution >= 4 is 39.7 Å². The number of carbonyl (C=O) groups is 2. The van der Waals surface area contributed by atoms with E-state index in [2.05, 4.69) is 20.5 Å². The molecule has 2 N–H and O–H groups in total. The summed E-state index contributed by atoms with van der Waals surface area (Å²) in [5, 5.41) is 8.04. The second-order valence-corrected chi connectivity index (χ2v) is 7.57. The minimum atomic E-state index is -0.195. The highest BCUT2D eigenvalue weighted by molar-refractivity contribution is 7.13. The molecule has 0 bridgehead atoms. The van der Waals surface area contributed by atoms with E-state index in [0.717, 1.165) is 43.4 Å². The number of rotatable bonds is 7. The van der Waals surface area contributed by atoms with E-state index in [1.165, 1.54) is 11.3 Å². The lowest BCUT2D eigenvalue weighted by Gasteiger charge is -2.28. The van der Waals surface area contributed by atoms with Gasteiger partial charge in [0.1, 0.15) is 0 Å². The van der Waals surface area contributed by atoms with Crippen molar-refractivity contribution in [2.45, 2.75) is 6.92 Å². The van der Waals surface area contributed by atoms with Crippen molar-refractivity contribution in [1.29, 1.82) is 0 Å². The third kappa shape index (κ3) is 6.01. The summed E-state index contributed by atoms with van der Waals surface area (Å²) in [7, 11) is 1.73.